The number of hydrogen-bond donors (Lipinski definition) is 2. The van der Waals surface area contributed by atoms with Gasteiger partial charge >= 0.3 is 5.97 Å². The van der Waals surface area contributed by atoms with E-state index in [-0.39, 0.29) is 12.0 Å². The Balaban J connectivity index is 1.32. The van der Waals surface area contributed by atoms with Crippen LogP contribution >= 0.6 is 0 Å². The van der Waals surface area contributed by atoms with Crippen molar-refractivity contribution in [2.24, 2.45) is 11.1 Å². The summed E-state index contributed by atoms with van der Waals surface area (Å²) in [5.74, 6) is -0.235. The summed E-state index contributed by atoms with van der Waals surface area (Å²) < 4.78 is 12.5. The van der Waals surface area contributed by atoms with Crippen LogP contribution in [0.15, 0.2) is 53.2 Å². The summed E-state index contributed by atoms with van der Waals surface area (Å²) in [7, 11) is 0. The van der Waals surface area contributed by atoms with Crippen LogP contribution in [0, 0.1) is 12.3 Å². The number of carboxylic acids is 1. The minimum Gasteiger partial charge on any atom is -0.479 e. The quantitative estimate of drug-likeness (QED) is 0.183. The Morgan fingerprint density at radius 1 is 1.06 bits per heavy atom. The molecular weight excluding hydrogens is 616 g/mol. The minimum atomic E-state index is -1.18. The summed E-state index contributed by atoms with van der Waals surface area (Å²) in [6.45, 7) is 15.4. The van der Waals surface area contributed by atoms with Crippen LogP contribution in [0.4, 0.5) is 11.5 Å². The molecule has 3 N–H and O–H groups in total. The molecule has 0 aliphatic carbocycles. The van der Waals surface area contributed by atoms with Gasteiger partial charge in [0.25, 0.3) is 0 Å². The fourth-order valence-electron chi connectivity index (χ4n) is 7.40. The molecule has 5 heterocycles. The zero-order chi connectivity index (χ0) is 34.7. The molecule has 0 spiro atoms. The van der Waals surface area contributed by atoms with E-state index in [1.165, 1.54) is 11.1 Å². The van der Waals surface area contributed by atoms with Crippen molar-refractivity contribution in [1.82, 2.24) is 15.0 Å². The first kappa shape index (κ1) is 33.0. The Kier molecular flexibility index (Phi) is 8.35. The van der Waals surface area contributed by atoms with Gasteiger partial charge in [0.2, 0.25) is 0 Å². The Morgan fingerprint density at radius 2 is 1.82 bits per heavy atom. The normalized spacial score (nSPS) is 17.0. The van der Waals surface area contributed by atoms with Crippen molar-refractivity contribution in [3.8, 4) is 11.1 Å². The Labute approximate surface area is 287 Å². The van der Waals surface area contributed by atoms with Crippen molar-refractivity contribution in [2.45, 2.75) is 85.6 Å². The number of carboxylic acid groups (broad SMARTS) is 1. The van der Waals surface area contributed by atoms with E-state index in [4.69, 9.17) is 19.9 Å². The highest BCUT2D eigenvalue weighted by molar-refractivity contribution is 6.05. The molecule has 0 saturated carbocycles. The van der Waals surface area contributed by atoms with E-state index in [2.05, 4.69) is 51.8 Å². The molecule has 2 aromatic carbocycles. The van der Waals surface area contributed by atoms with Crippen LogP contribution in [0.1, 0.15) is 81.6 Å². The summed E-state index contributed by atoms with van der Waals surface area (Å²) in [6.07, 6.45) is 3.22. The molecule has 7 rings (SSSR count). The average molecular weight is 663 g/mol. The molecule has 2 aliphatic rings. The smallest absolute Gasteiger partial charge is 0.337 e. The summed E-state index contributed by atoms with van der Waals surface area (Å²) in [5, 5.41) is 11.6. The van der Waals surface area contributed by atoms with Crippen molar-refractivity contribution < 1.29 is 19.1 Å². The van der Waals surface area contributed by atoms with Crippen LogP contribution in [0.5, 0.6) is 0 Å². The molecule has 49 heavy (non-hydrogen) atoms. The predicted octanol–water partition coefficient (Wildman–Crippen LogP) is 7.34. The van der Waals surface area contributed by atoms with Crippen LogP contribution in [-0.4, -0.2) is 51.3 Å². The van der Waals surface area contributed by atoms with Crippen LogP contribution in [0.25, 0.3) is 33.2 Å². The monoisotopic (exact) mass is 662 g/mol. The SMILES string of the molecule is Cc1nc(CN)c(-c2ccc3c(c2)CCN(c2ncnc4c2oc2ccccc24)C3)c(N2CCC(C)(C)CC2)c1[C@H](OC(C)(C)C)C(=O)O. The second-order valence-electron chi connectivity index (χ2n) is 15.2. The molecule has 1 fully saturated rings. The van der Waals surface area contributed by atoms with Crippen molar-refractivity contribution in [1.29, 1.82) is 0 Å². The molecule has 0 amide bonds. The fourth-order valence-corrected chi connectivity index (χ4v) is 7.40. The number of aromatic nitrogens is 3. The minimum absolute atomic E-state index is 0.207. The molecule has 0 bridgehead atoms. The first-order valence-corrected chi connectivity index (χ1v) is 17.2. The van der Waals surface area contributed by atoms with Crippen molar-refractivity contribution in [3.05, 3.63) is 76.9 Å². The summed E-state index contributed by atoms with van der Waals surface area (Å²) in [6, 6.07) is 14.5. The second-order valence-corrected chi connectivity index (χ2v) is 15.2. The fraction of sp³-hybridized carbons (Fsp3) is 0.436. The van der Waals surface area contributed by atoms with Gasteiger partial charge in [0.1, 0.15) is 17.4 Å². The molecular formula is C39H46N6O4. The van der Waals surface area contributed by atoms with Crippen LogP contribution < -0.4 is 15.5 Å². The maximum Gasteiger partial charge on any atom is 0.337 e. The Hall–Kier alpha value is -4.54. The summed E-state index contributed by atoms with van der Waals surface area (Å²) in [4.78, 5) is 31.7. The van der Waals surface area contributed by atoms with E-state index in [0.29, 0.717) is 23.4 Å². The van der Waals surface area contributed by atoms with Gasteiger partial charge in [-0.1, -0.05) is 44.2 Å². The van der Waals surface area contributed by atoms with Crippen molar-refractivity contribution in [2.75, 3.05) is 29.4 Å². The zero-order valence-corrected chi connectivity index (χ0v) is 29.3. The van der Waals surface area contributed by atoms with Crippen LogP contribution in [0.2, 0.25) is 0 Å². The number of pyridine rings is 1. The Bertz CT molecular complexity index is 2050. The van der Waals surface area contributed by atoms with Crippen molar-refractivity contribution >= 4 is 39.5 Å². The lowest BCUT2D eigenvalue weighted by Gasteiger charge is -2.41. The molecule has 1 saturated heterocycles. The molecule has 10 heteroatoms. The van der Waals surface area contributed by atoms with E-state index in [0.717, 1.165) is 83.7 Å². The first-order valence-electron chi connectivity index (χ1n) is 17.2. The number of carbonyl (C=O) groups is 1. The maximum absolute atomic E-state index is 12.9. The number of fused-ring (bicyclic) bond motifs is 4. The average Bonchev–Trinajstić information content (AvgIpc) is 3.45. The van der Waals surface area contributed by atoms with Gasteiger partial charge in [0.15, 0.2) is 17.5 Å². The topological polar surface area (TPSA) is 131 Å². The van der Waals surface area contributed by atoms with E-state index in [1.54, 1.807) is 6.33 Å². The highest BCUT2D eigenvalue weighted by Gasteiger charge is 2.37. The van der Waals surface area contributed by atoms with Crippen LogP contribution in [-0.2, 0) is 29.0 Å². The number of nitrogens with zero attached hydrogens (tertiary/aromatic N) is 5. The zero-order valence-electron chi connectivity index (χ0n) is 29.3. The maximum atomic E-state index is 12.9. The lowest BCUT2D eigenvalue weighted by molar-refractivity contribution is -0.160. The van der Waals surface area contributed by atoms with Gasteiger partial charge < -0.3 is 29.8 Å². The molecule has 2 aliphatic heterocycles. The number of para-hydroxylation sites is 1. The third-order valence-corrected chi connectivity index (χ3v) is 10.0. The number of hydrogen-bond acceptors (Lipinski definition) is 9. The van der Waals surface area contributed by atoms with Gasteiger partial charge in [0, 0.05) is 54.9 Å². The van der Waals surface area contributed by atoms with E-state index >= 15 is 0 Å². The number of benzene rings is 2. The number of aliphatic carboxylic acids is 1. The highest BCUT2D eigenvalue weighted by Crippen LogP contribution is 2.46. The molecule has 256 valence electrons. The van der Waals surface area contributed by atoms with Gasteiger partial charge in [-0.3, -0.25) is 4.98 Å². The molecule has 0 radical (unpaired) electrons. The number of anilines is 2. The second kappa shape index (κ2) is 12.4. The lowest BCUT2D eigenvalue weighted by atomic mass is 9.81. The van der Waals surface area contributed by atoms with Gasteiger partial charge in [-0.15, -0.1) is 0 Å². The van der Waals surface area contributed by atoms with E-state index < -0.39 is 17.7 Å². The predicted molar refractivity (Wildman–Crippen MR) is 193 cm³/mol. The Morgan fingerprint density at radius 3 is 2.53 bits per heavy atom. The third-order valence-electron chi connectivity index (χ3n) is 10.0. The number of aryl methyl sites for hydroxylation is 1. The van der Waals surface area contributed by atoms with Crippen molar-refractivity contribution in [3.63, 3.8) is 0 Å². The van der Waals surface area contributed by atoms with Gasteiger partial charge in [0.05, 0.1) is 17.0 Å². The summed E-state index contributed by atoms with van der Waals surface area (Å²) in [5.41, 5.74) is 15.5. The molecule has 1 atom stereocenters. The van der Waals surface area contributed by atoms with Gasteiger partial charge in [-0.05, 0) is 81.2 Å². The number of ether oxygens (including phenoxy) is 1. The largest absolute Gasteiger partial charge is 0.479 e. The molecule has 3 aromatic heterocycles. The van der Waals surface area contributed by atoms with Gasteiger partial charge in [-0.2, -0.15) is 0 Å². The number of rotatable bonds is 7. The van der Waals surface area contributed by atoms with E-state index in [1.807, 2.05) is 52.0 Å². The summed E-state index contributed by atoms with van der Waals surface area (Å²) >= 11 is 0. The number of piperidine rings is 1. The van der Waals surface area contributed by atoms with E-state index in [9.17, 15) is 9.90 Å². The lowest BCUT2D eigenvalue weighted by Crippen LogP contribution is -2.39. The first-order chi connectivity index (χ1) is 23.3. The highest BCUT2D eigenvalue weighted by atomic mass is 16.5. The van der Waals surface area contributed by atoms with Crippen LogP contribution in [0.3, 0.4) is 0 Å². The third kappa shape index (κ3) is 6.24. The standard InChI is InChI=1S/C39H46N6O4/c1-23-30(34(37(46)47)49-38(2,3)4)33(44-17-14-39(5,6)15-18-44)31(28(20-40)43-23)25-11-12-26-21-45(16-13-24(26)19-25)36-35-32(41-22-42-36)27-9-7-8-10-29(27)48-35/h7-12,19,22,34H,13-18,20-21,40H2,1-6H3,(H,46,47)/t34-/m0/s1. The van der Waals surface area contributed by atoms with Gasteiger partial charge in [-0.25, -0.2) is 14.8 Å². The number of furan rings is 1. The molecule has 10 nitrogen and oxygen atoms in total. The molecule has 0 unspecified atom stereocenters. The molecule has 5 aromatic rings. The number of nitrogens with two attached hydrogens (primary N) is 1.